The summed E-state index contributed by atoms with van der Waals surface area (Å²) in [7, 11) is 0. The Morgan fingerprint density at radius 1 is 1.00 bits per heavy atom. The third kappa shape index (κ3) is 5.06. The molecule has 2 heterocycles. The molecule has 0 saturated carbocycles. The Balaban J connectivity index is 1.25. The van der Waals surface area contributed by atoms with Gasteiger partial charge in [-0.05, 0) is 71.5 Å². The first-order chi connectivity index (χ1) is 21.4. The number of benzene rings is 4. The lowest BCUT2D eigenvalue weighted by Gasteiger charge is -2.30. The summed E-state index contributed by atoms with van der Waals surface area (Å²) in [5.41, 5.74) is 5.83. The lowest BCUT2D eigenvalue weighted by atomic mass is 9.83. The molecular formula is C34H22ClN3O5S. The summed E-state index contributed by atoms with van der Waals surface area (Å²) in [5.74, 6) is -0.434. The van der Waals surface area contributed by atoms with Crippen LogP contribution in [0.1, 0.15) is 45.1 Å². The maximum atomic E-state index is 13.9. The molecule has 0 bridgehead atoms. The van der Waals surface area contributed by atoms with Crippen molar-refractivity contribution in [1.29, 1.82) is 0 Å². The number of carbonyl (C=O) groups is 1. The number of carbonyl (C=O) groups excluding carboxylic acids is 1. The number of nitro groups is 1. The van der Waals surface area contributed by atoms with Crippen molar-refractivity contribution in [1.82, 2.24) is 4.57 Å². The third-order valence-corrected chi connectivity index (χ3v) is 8.97. The lowest BCUT2D eigenvalue weighted by Crippen LogP contribution is -2.38. The van der Waals surface area contributed by atoms with E-state index in [1.807, 2.05) is 36.4 Å². The van der Waals surface area contributed by atoms with E-state index in [4.69, 9.17) is 21.3 Å². The SMILES string of the molecule is O=C(Oc1ccc(/C=c2/sc3n(c2=O)[C@@H](c2ccc(Cl)cc2)C2=C(N=3)c3ccccc3CC2)cc1)c1cccc([N+](=O)[O-])c1. The van der Waals surface area contributed by atoms with Crippen molar-refractivity contribution in [3.63, 3.8) is 0 Å². The highest BCUT2D eigenvalue weighted by atomic mass is 35.5. The number of esters is 1. The zero-order chi connectivity index (χ0) is 30.4. The number of aryl methyl sites for hydroxylation is 1. The summed E-state index contributed by atoms with van der Waals surface area (Å²) in [4.78, 5) is 42.6. The van der Waals surface area contributed by atoms with Crippen molar-refractivity contribution in [3.8, 4) is 5.75 Å². The molecule has 216 valence electrons. The van der Waals surface area contributed by atoms with Crippen molar-refractivity contribution < 1.29 is 14.5 Å². The van der Waals surface area contributed by atoms with Gasteiger partial charge in [0.2, 0.25) is 0 Å². The van der Waals surface area contributed by atoms with Crippen LogP contribution < -0.4 is 19.6 Å². The Morgan fingerprint density at radius 2 is 1.77 bits per heavy atom. The lowest BCUT2D eigenvalue weighted by molar-refractivity contribution is -0.384. The highest BCUT2D eigenvalue weighted by Crippen LogP contribution is 2.41. The predicted octanol–water partition coefficient (Wildman–Crippen LogP) is 6.10. The molecule has 5 aromatic rings. The largest absolute Gasteiger partial charge is 0.423 e. The van der Waals surface area contributed by atoms with Crippen LogP contribution in [0.4, 0.5) is 5.69 Å². The van der Waals surface area contributed by atoms with Gasteiger partial charge in [0.1, 0.15) is 5.75 Å². The van der Waals surface area contributed by atoms with Gasteiger partial charge in [-0.2, -0.15) is 0 Å². The second kappa shape index (κ2) is 11.2. The number of rotatable bonds is 5. The van der Waals surface area contributed by atoms with Gasteiger partial charge in [0, 0.05) is 22.7 Å². The Labute approximate surface area is 259 Å². The van der Waals surface area contributed by atoms with Gasteiger partial charge >= 0.3 is 5.97 Å². The van der Waals surface area contributed by atoms with E-state index in [1.54, 1.807) is 34.9 Å². The molecule has 44 heavy (non-hydrogen) atoms. The normalized spacial score (nSPS) is 15.6. The second-order valence-electron chi connectivity index (χ2n) is 10.4. The average Bonchev–Trinajstić information content (AvgIpc) is 3.35. The van der Waals surface area contributed by atoms with Gasteiger partial charge in [-0.3, -0.25) is 19.5 Å². The van der Waals surface area contributed by atoms with Crippen molar-refractivity contribution in [2.75, 3.05) is 0 Å². The van der Waals surface area contributed by atoms with E-state index in [1.165, 1.54) is 41.2 Å². The zero-order valence-electron chi connectivity index (χ0n) is 23.0. The summed E-state index contributed by atoms with van der Waals surface area (Å²) in [6, 6.07) is 27.7. The van der Waals surface area contributed by atoms with Gasteiger partial charge in [-0.25, -0.2) is 9.79 Å². The number of nitrogens with zero attached hydrogens (tertiary/aromatic N) is 3. The Morgan fingerprint density at radius 3 is 2.55 bits per heavy atom. The van der Waals surface area contributed by atoms with Gasteiger partial charge in [0.15, 0.2) is 4.80 Å². The molecule has 0 N–H and O–H groups in total. The van der Waals surface area contributed by atoms with E-state index >= 15 is 0 Å². The molecule has 0 spiro atoms. The number of hydrogen-bond donors (Lipinski definition) is 0. The number of aromatic nitrogens is 1. The number of hydrogen-bond acceptors (Lipinski definition) is 7. The van der Waals surface area contributed by atoms with E-state index in [0.29, 0.717) is 14.4 Å². The van der Waals surface area contributed by atoms with E-state index in [9.17, 15) is 19.7 Å². The first-order valence-electron chi connectivity index (χ1n) is 13.8. The van der Waals surface area contributed by atoms with Crippen LogP contribution in [0.15, 0.2) is 112 Å². The van der Waals surface area contributed by atoms with E-state index in [0.717, 1.165) is 40.8 Å². The maximum Gasteiger partial charge on any atom is 0.343 e. The zero-order valence-corrected chi connectivity index (χ0v) is 24.5. The van der Waals surface area contributed by atoms with Crippen LogP contribution in [0.5, 0.6) is 5.75 Å². The van der Waals surface area contributed by atoms with Crippen LogP contribution in [0.2, 0.25) is 5.02 Å². The fourth-order valence-electron chi connectivity index (χ4n) is 5.66. The predicted molar refractivity (Wildman–Crippen MR) is 169 cm³/mol. The molecule has 0 radical (unpaired) electrons. The molecule has 2 aliphatic rings. The second-order valence-corrected chi connectivity index (χ2v) is 11.9. The summed E-state index contributed by atoms with van der Waals surface area (Å²) in [6.07, 6.45) is 3.46. The summed E-state index contributed by atoms with van der Waals surface area (Å²) in [6.45, 7) is 0. The standard InChI is InChI=1S/C34H22ClN3O5S/c35-24-13-10-22(11-14-24)31-28-17-12-21-4-1-2-7-27(21)30(28)36-34-37(31)32(39)29(44-34)18-20-8-15-26(16-9-20)43-33(40)23-5-3-6-25(19-23)38(41)42/h1-11,13-16,18-19,31H,12,17H2/b29-18+/t31-/m0/s1. The van der Waals surface area contributed by atoms with E-state index < -0.39 is 10.9 Å². The molecule has 0 saturated heterocycles. The summed E-state index contributed by atoms with van der Waals surface area (Å²) >= 11 is 7.55. The van der Waals surface area contributed by atoms with Crippen molar-refractivity contribution in [3.05, 3.63) is 165 Å². The quantitative estimate of drug-likeness (QED) is 0.102. The van der Waals surface area contributed by atoms with Gasteiger partial charge < -0.3 is 4.74 Å². The monoisotopic (exact) mass is 619 g/mol. The number of halogens is 1. The van der Waals surface area contributed by atoms with Crippen LogP contribution in [0.3, 0.4) is 0 Å². The summed E-state index contributed by atoms with van der Waals surface area (Å²) < 4.78 is 7.72. The van der Waals surface area contributed by atoms with Gasteiger partial charge in [-0.15, -0.1) is 0 Å². The fourth-order valence-corrected chi connectivity index (χ4v) is 6.79. The summed E-state index contributed by atoms with van der Waals surface area (Å²) in [5, 5.41) is 11.7. The van der Waals surface area contributed by atoms with E-state index in [-0.39, 0.29) is 28.6 Å². The van der Waals surface area contributed by atoms with Crippen molar-refractivity contribution in [2.45, 2.75) is 18.9 Å². The molecule has 1 aliphatic carbocycles. The molecule has 1 atom stereocenters. The molecule has 7 rings (SSSR count). The number of thiazole rings is 1. The fraction of sp³-hybridized carbons (Fsp3) is 0.0882. The number of nitro benzene ring substituents is 1. The molecule has 0 fully saturated rings. The first-order valence-corrected chi connectivity index (χ1v) is 15.0. The van der Waals surface area contributed by atoms with Crippen molar-refractivity contribution >= 4 is 46.4 Å². The number of ether oxygens (including phenoxy) is 1. The van der Waals surface area contributed by atoms with Crippen LogP contribution >= 0.6 is 22.9 Å². The smallest absolute Gasteiger partial charge is 0.343 e. The molecule has 1 aliphatic heterocycles. The maximum absolute atomic E-state index is 13.9. The van der Waals surface area contributed by atoms with Gasteiger partial charge in [-0.1, -0.05) is 77.5 Å². The molecular weight excluding hydrogens is 598 g/mol. The molecule has 1 aromatic heterocycles. The Kier molecular flexibility index (Phi) is 7.04. The van der Waals surface area contributed by atoms with Gasteiger partial charge in [0.05, 0.1) is 26.8 Å². The first kappa shape index (κ1) is 27.7. The molecule has 0 unspecified atom stereocenters. The molecule has 0 amide bonds. The van der Waals surface area contributed by atoms with Gasteiger partial charge in [0.25, 0.3) is 11.2 Å². The number of fused-ring (bicyclic) bond motifs is 3. The van der Waals surface area contributed by atoms with Crippen LogP contribution in [0, 0.1) is 10.1 Å². The minimum Gasteiger partial charge on any atom is -0.423 e. The van der Waals surface area contributed by atoms with Crippen LogP contribution in [-0.4, -0.2) is 15.5 Å². The molecule has 4 aromatic carbocycles. The highest BCUT2D eigenvalue weighted by Gasteiger charge is 2.32. The molecule has 10 heteroatoms. The van der Waals surface area contributed by atoms with Crippen molar-refractivity contribution in [2.24, 2.45) is 4.99 Å². The van der Waals surface area contributed by atoms with Crippen LogP contribution in [-0.2, 0) is 6.42 Å². The minimum atomic E-state index is -0.706. The minimum absolute atomic E-state index is 0.0740. The Bertz CT molecular complexity index is 2180. The van der Waals surface area contributed by atoms with Crippen LogP contribution in [0.25, 0.3) is 11.8 Å². The average molecular weight is 620 g/mol. The Hall–Kier alpha value is -5.12. The van der Waals surface area contributed by atoms with E-state index in [2.05, 4.69) is 12.1 Å². The number of allylic oxidation sites excluding steroid dienone is 1. The molecule has 8 nitrogen and oxygen atoms in total. The number of non-ortho nitro benzene ring substituents is 1. The topological polar surface area (TPSA) is 104 Å². The third-order valence-electron chi connectivity index (χ3n) is 7.74. The highest BCUT2D eigenvalue weighted by molar-refractivity contribution is 7.07.